The zero-order valence-electron chi connectivity index (χ0n) is 11.8. The zero-order valence-corrected chi connectivity index (χ0v) is 11.8. The van der Waals surface area contributed by atoms with Gasteiger partial charge in [0.05, 0.1) is 5.69 Å². The summed E-state index contributed by atoms with van der Waals surface area (Å²) in [4.78, 5) is 9.13. The minimum atomic E-state index is 0.640. The van der Waals surface area contributed by atoms with Gasteiger partial charge in [0.2, 0.25) is 0 Å². The number of nitrogen functional groups attached to an aromatic ring is 1. The Bertz CT molecular complexity index is 622. The maximum Gasteiger partial charge on any atom is 0.131 e. The number of rotatable bonds is 3. The second-order valence-corrected chi connectivity index (χ2v) is 5.37. The molecule has 0 unspecified atom stereocenters. The summed E-state index contributed by atoms with van der Waals surface area (Å²) in [5.41, 5.74) is 10.9. The van der Waals surface area contributed by atoms with Crippen molar-refractivity contribution in [3.05, 3.63) is 52.5 Å². The van der Waals surface area contributed by atoms with Crippen molar-refractivity contribution >= 4 is 5.82 Å². The zero-order chi connectivity index (χ0) is 13.9. The van der Waals surface area contributed by atoms with Gasteiger partial charge in [0.1, 0.15) is 11.6 Å². The highest BCUT2D eigenvalue weighted by Gasteiger charge is 2.15. The molecule has 0 saturated heterocycles. The van der Waals surface area contributed by atoms with E-state index in [1.807, 2.05) is 0 Å². The van der Waals surface area contributed by atoms with Crippen LogP contribution in [0.3, 0.4) is 0 Å². The van der Waals surface area contributed by atoms with E-state index in [1.165, 1.54) is 11.1 Å². The van der Waals surface area contributed by atoms with E-state index in [0.29, 0.717) is 5.82 Å². The van der Waals surface area contributed by atoms with Crippen molar-refractivity contribution in [3.8, 4) is 0 Å². The second kappa shape index (κ2) is 5.59. The Kier molecular flexibility index (Phi) is 3.65. The minimum absolute atomic E-state index is 0.640. The van der Waals surface area contributed by atoms with Crippen molar-refractivity contribution < 1.29 is 0 Å². The van der Waals surface area contributed by atoms with E-state index < -0.39 is 0 Å². The highest BCUT2D eigenvalue weighted by atomic mass is 15.0. The summed E-state index contributed by atoms with van der Waals surface area (Å²) in [5, 5.41) is 3.31. The molecule has 1 aromatic carbocycles. The van der Waals surface area contributed by atoms with Gasteiger partial charge in [-0.1, -0.05) is 29.8 Å². The van der Waals surface area contributed by atoms with Crippen LogP contribution in [0.25, 0.3) is 0 Å². The third-order valence-electron chi connectivity index (χ3n) is 3.73. The molecule has 3 rings (SSSR count). The molecule has 2 aromatic rings. The van der Waals surface area contributed by atoms with Gasteiger partial charge in [-0.2, -0.15) is 0 Å². The van der Waals surface area contributed by atoms with Crippen molar-refractivity contribution in [2.75, 3.05) is 12.3 Å². The van der Waals surface area contributed by atoms with E-state index in [0.717, 1.165) is 49.4 Å². The third-order valence-corrected chi connectivity index (χ3v) is 3.73. The highest BCUT2D eigenvalue weighted by molar-refractivity contribution is 5.43. The van der Waals surface area contributed by atoms with Crippen molar-refractivity contribution in [2.24, 2.45) is 0 Å². The van der Waals surface area contributed by atoms with Crippen LogP contribution in [-0.4, -0.2) is 16.5 Å². The largest absolute Gasteiger partial charge is 0.383 e. The van der Waals surface area contributed by atoms with Gasteiger partial charge in [0, 0.05) is 31.5 Å². The Morgan fingerprint density at radius 2 is 2.15 bits per heavy atom. The van der Waals surface area contributed by atoms with Gasteiger partial charge in [-0.3, -0.25) is 0 Å². The van der Waals surface area contributed by atoms with Crippen LogP contribution in [0.1, 0.15) is 28.2 Å². The van der Waals surface area contributed by atoms with Crippen LogP contribution in [0.5, 0.6) is 0 Å². The fourth-order valence-corrected chi connectivity index (χ4v) is 2.66. The van der Waals surface area contributed by atoms with Crippen molar-refractivity contribution in [1.29, 1.82) is 0 Å². The summed E-state index contributed by atoms with van der Waals surface area (Å²) in [6, 6.07) is 8.58. The van der Waals surface area contributed by atoms with E-state index in [9.17, 15) is 0 Å². The molecule has 1 aliphatic rings. The van der Waals surface area contributed by atoms with E-state index in [4.69, 9.17) is 5.73 Å². The summed E-state index contributed by atoms with van der Waals surface area (Å²) in [6.45, 7) is 3.88. The molecule has 0 atom stereocenters. The van der Waals surface area contributed by atoms with Gasteiger partial charge in [-0.25, -0.2) is 9.97 Å². The van der Waals surface area contributed by atoms with E-state index in [2.05, 4.69) is 46.5 Å². The maximum atomic E-state index is 6.04. The number of fused-ring (bicyclic) bond motifs is 1. The lowest BCUT2D eigenvalue weighted by Crippen LogP contribution is -2.26. The van der Waals surface area contributed by atoms with Crippen LogP contribution < -0.4 is 11.1 Å². The number of benzene rings is 1. The van der Waals surface area contributed by atoms with Gasteiger partial charge in [0.15, 0.2) is 0 Å². The smallest absolute Gasteiger partial charge is 0.131 e. The summed E-state index contributed by atoms with van der Waals surface area (Å²) in [6.07, 6.45) is 2.74. The average molecular weight is 268 g/mol. The molecule has 0 saturated carbocycles. The van der Waals surface area contributed by atoms with Crippen molar-refractivity contribution in [2.45, 2.75) is 32.7 Å². The van der Waals surface area contributed by atoms with E-state index in [1.54, 1.807) is 0 Å². The topological polar surface area (TPSA) is 63.8 Å². The van der Waals surface area contributed by atoms with Crippen LogP contribution in [0, 0.1) is 6.92 Å². The molecule has 1 aromatic heterocycles. The summed E-state index contributed by atoms with van der Waals surface area (Å²) in [5.74, 6) is 1.51. The molecule has 0 bridgehead atoms. The number of hydrogen-bond acceptors (Lipinski definition) is 4. The Morgan fingerprint density at radius 3 is 3.00 bits per heavy atom. The highest BCUT2D eigenvalue weighted by Crippen LogP contribution is 2.18. The van der Waals surface area contributed by atoms with Gasteiger partial charge >= 0.3 is 0 Å². The first-order valence-corrected chi connectivity index (χ1v) is 7.13. The predicted octanol–water partition coefficient (Wildman–Crippen LogP) is 1.80. The Hall–Kier alpha value is -1.94. The fraction of sp³-hybridized carbons (Fsp3) is 0.375. The SMILES string of the molecule is Cc1cccc(CCc2nc(N)c3c(n2)CCNC3)c1. The standard InChI is InChI=1S/C16H20N4/c1-11-3-2-4-12(9-11)5-6-15-19-14-7-8-18-10-13(14)16(17)20-15/h2-4,9,18H,5-8,10H2,1H3,(H2,17,19,20). The number of aromatic nitrogens is 2. The summed E-state index contributed by atoms with van der Waals surface area (Å²) in [7, 11) is 0. The van der Waals surface area contributed by atoms with Crippen molar-refractivity contribution in [1.82, 2.24) is 15.3 Å². The lowest BCUT2D eigenvalue weighted by atomic mass is 10.1. The van der Waals surface area contributed by atoms with Gasteiger partial charge in [-0.05, 0) is 18.9 Å². The quantitative estimate of drug-likeness (QED) is 0.891. The fourth-order valence-electron chi connectivity index (χ4n) is 2.66. The first-order chi connectivity index (χ1) is 9.72. The summed E-state index contributed by atoms with van der Waals surface area (Å²) >= 11 is 0. The molecular formula is C16H20N4. The molecule has 0 aliphatic carbocycles. The first-order valence-electron chi connectivity index (χ1n) is 7.13. The summed E-state index contributed by atoms with van der Waals surface area (Å²) < 4.78 is 0. The molecule has 2 heterocycles. The molecule has 3 N–H and O–H groups in total. The molecule has 4 heteroatoms. The van der Waals surface area contributed by atoms with Crippen molar-refractivity contribution in [3.63, 3.8) is 0 Å². The molecule has 20 heavy (non-hydrogen) atoms. The molecule has 1 aliphatic heterocycles. The van der Waals surface area contributed by atoms with Crippen LogP contribution in [0.4, 0.5) is 5.82 Å². The van der Waals surface area contributed by atoms with Gasteiger partial charge < -0.3 is 11.1 Å². The predicted molar refractivity (Wildman–Crippen MR) is 80.4 cm³/mol. The molecule has 4 nitrogen and oxygen atoms in total. The van der Waals surface area contributed by atoms with E-state index >= 15 is 0 Å². The lowest BCUT2D eigenvalue weighted by molar-refractivity contribution is 0.621. The molecular weight excluding hydrogens is 248 g/mol. The average Bonchev–Trinajstić information content (AvgIpc) is 2.45. The van der Waals surface area contributed by atoms with Crippen LogP contribution in [0.15, 0.2) is 24.3 Å². The van der Waals surface area contributed by atoms with Crippen LogP contribution >= 0.6 is 0 Å². The van der Waals surface area contributed by atoms with E-state index in [-0.39, 0.29) is 0 Å². The number of nitrogens with two attached hydrogens (primary N) is 1. The number of anilines is 1. The second-order valence-electron chi connectivity index (χ2n) is 5.37. The third kappa shape index (κ3) is 2.80. The molecule has 0 fully saturated rings. The Morgan fingerprint density at radius 1 is 1.25 bits per heavy atom. The van der Waals surface area contributed by atoms with Crippen LogP contribution in [-0.2, 0) is 25.8 Å². The Balaban J connectivity index is 1.76. The Labute approximate surface area is 119 Å². The molecule has 104 valence electrons. The molecule has 0 radical (unpaired) electrons. The number of nitrogens with zero attached hydrogens (tertiary/aromatic N) is 2. The monoisotopic (exact) mass is 268 g/mol. The number of nitrogens with one attached hydrogen (secondary N) is 1. The van der Waals surface area contributed by atoms with Crippen LogP contribution in [0.2, 0.25) is 0 Å². The van der Waals surface area contributed by atoms with Gasteiger partial charge in [0.25, 0.3) is 0 Å². The molecule has 0 spiro atoms. The lowest BCUT2D eigenvalue weighted by Gasteiger charge is -2.18. The normalized spacial score (nSPS) is 14.1. The number of hydrogen-bond donors (Lipinski definition) is 2. The minimum Gasteiger partial charge on any atom is -0.383 e. The molecule has 0 amide bonds. The maximum absolute atomic E-state index is 6.04. The first kappa shape index (κ1) is 13.1. The number of aryl methyl sites for hydroxylation is 3. The van der Waals surface area contributed by atoms with Gasteiger partial charge in [-0.15, -0.1) is 0 Å².